The maximum atomic E-state index is 2.44. The van der Waals surface area contributed by atoms with Gasteiger partial charge in [0.05, 0.1) is 10.4 Å². The molecule has 0 aliphatic carbocycles. The van der Waals surface area contributed by atoms with Gasteiger partial charge < -0.3 is 4.90 Å². The molecule has 2 aromatic heterocycles. The zero-order valence-electron chi connectivity index (χ0n) is 26.5. The SMILES string of the molecule is c1cc(-c2ccc3ccccc3c2)cc(N(c2ccc(-c3cccc4c3sc3ccccc34)cc2)c2cccc3c2sc2ccccc23)c1. The van der Waals surface area contributed by atoms with Crippen LogP contribution in [0, 0.1) is 0 Å². The summed E-state index contributed by atoms with van der Waals surface area (Å²) in [7, 11) is 0. The highest BCUT2D eigenvalue weighted by Gasteiger charge is 2.19. The van der Waals surface area contributed by atoms with E-state index in [0.29, 0.717) is 0 Å². The van der Waals surface area contributed by atoms with Gasteiger partial charge in [-0.3, -0.25) is 0 Å². The maximum absolute atomic E-state index is 2.44. The molecule has 3 heteroatoms. The first-order valence-electron chi connectivity index (χ1n) is 16.6. The summed E-state index contributed by atoms with van der Waals surface area (Å²) in [4.78, 5) is 2.44. The lowest BCUT2D eigenvalue weighted by Gasteiger charge is -2.27. The quantitative estimate of drug-likeness (QED) is 0.178. The first kappa shape index (κ1) is 28.3. The average Bonchev–Trinajstić information content (AvgIpc) is 3.74. The van der Waals surface area contributed by atoms with Crippen LogP contribution in [0.25, 0.3) is 73.4 Å². The van der Waals surface area contributed by atoms with Crippen LogP contribution in [0.4, 0.5) is 17.1 Å². The van der Waals surface area contributed by atoms with Crippen molar-refractivity contribution < 1.29 is 0 Å². The molecular formula is C46H29NS2. The minimum atomic E-state index is 1.13. The van der Waals surface area contributed by atoms with Crippen LogP contribution in [0.1, 0.15) is 0 Å². The van der Waals surface area contributed by atoms with Crippen molar-refractivity contribution in [3.05, 3.63) is 176 Å². The molecule has 0 amide bonds. The number of anilines is 3. The number of thiophene rings is 2. The summed E-state index contributed by atoms with van der Waals surface area (Å²) in [5, 5.41) is 7.76. The predicted molar refractivity (Wildman–Crippen MR) is 215 cm³/mol. The van der Waals surface area contributed by atoms with E-state index in [1.165, 1.54) is 79.1 Å². The summed E-state index contributed by atoms with van der Waals surface area (Å²) < 4.78 is 5.27. The van der Waals surface area contributed by atoms with E-state index in [9.17, 15) is 0 Å². The van der Waals surface area contributed by atoms with Gasteiger partial charge in [0.2, 0.25) is 0 Å². The highest BCUT2D eigenvalue weighted by molar-refractivity contribution is 7.26. The highest BCUT2D eigenvalue weighted by atomic mass is 32.1. The number of nitrogens with zero attached hydrogens (tertiary/aromatic N) is 1. The number of benzene rings is 8. The second kappa shape index (κ2) is 11.5. The third-order valence-electron chi connectivity index (χ3n) is 9.65. The van der Waals surface area contributed by atoms with Crippen molar-refractivity contribution in [2.45, 2.75) is 0 Å². The molecule has 10 aromatic rings. The van der Waals surface area contributed by atoms with Gasteiger partial charge in [-0.15, -0.1) is 22.7 Å². The third kappa shape index (κ3) is 4.74. The van der Waals surface area contributed by atoms with Gasteiger partial charge in [0.15, 0.2) is 0 Å². The number of rotatable bonds is 5. The minimum Gasteiger partial charge on any atom is -0.309 e. The Balaban J connectivity index is 1.14. The van der Waals surface area contributed by atoms with Crippen LogP contribution in [-0.2, 0) is 0 Å². The van der Waals surface area contributed by atoms with Gasteiger partial charge in [-0.2, -0.15) is 0 Å². The van der Waals surface area contributed by atoms with E-state index in [-0.39, 0.29) is 0 Å². The fourth-order valence-electron chi connectivity index (χ4n) is 7.29. The lowest BCUT2D eigenvalue weighted by Crippen LogP contribution is -2.10. The number of fused-ring (bicyclic) bond motifs is 7. The van der Waals surface area contributed by atoms with Gasteiger partial charge in [0.1, 0.15) is 0 Å². The fourth-order valence-corrected chi connectivity index (χ4v) is 9.74. The van der Waals surface area contributed by atoms with Crippen LogP contribution in [0.5, 0.6) is 0 Å². The smallest absolute Gasteiger partial charge is 0.0640 e. The topological polar surface area (TPSA) is 3.24 Å². The van der Waals surface area contributed by atoms with Crippen LogP contribution in [0.3, 0.4) is 0 Å². The zero-order chi connectivity index (χ0) is 32.3. The molecule has 8 aromatic carbocycles. The van der Waals surface area contributed by atoms with Crippen molar-refractivity contribution in [1.29, 1.82) is 0 Å². The second-order valence-corrected chi connectivity index (χ2v) is 14.6. The van der Waals surface area contributed by atoms with Crippen molar-refractivity contribution in [2.75, 3.05) is 4.90 Å². The Hall–Kier alpha value is -5.74. The van der Waals surface area contributed by atoms with Crippen LogP contribution in [0.15, 0.2) is 176 Å². The van der Waals surface area contributed by atoms with Gasteiger partial charge >= 0.3 is 0 Å². The molecule has 0 aliphatic heterocycles. The normalized spacial score (nSPS) is 11.7. The summed E-state index contributed by atoms with van der Waals surface area (Å²) in [6.45, 7) is 0. The van der Waals surface area contributed by atoms with Gasteiger partial charge in [-0.05, 0) is 81.6 Å². The van der Waals surface area contributed by atoms with E-state index in [2.05, 4.69) is 181 Å². The molecule has 230 valence electrons. The van der Waals surface area contributed by atoms with Gasteiger partial charge in [-0.1, -0.05) is 127 Å². The van der Waals surface area contributed by atoms with E-state index < -0.39 is 0 Å². The Morgan fingerprint density at radius 3 is 1.73 bits per heavy atom. The van der Waals surface area contributed by atoms with E-state index in [1.54, 1.807) is 0 Å². The van der Waals surface area contributed by atoms with Crippen LogP contribution in [0.2, 0.25) is 0 Å². The molecule has 0 saturated carbocycles. The van der Waals surface area contributed by atoms with E-state index >= 15 is 0 Å². The molecule has 0 unspecified atom stereocenters. The van der Waals surface area contributed by atoms with Gasteiger partial charge in [0.25, 0.3) is 0 Å². The first-order valence-corrected chi connectivity index (χ1v) is 18.2. The van der Waals surface area contributed by atoms with Crippen LogP contribution >= 0.6 is 22.7 Å². The van der Waals surface area contributed by atoms with E-state index in [1.807, 2.05) is 22.7 Å². The summed E-state index contributed by atoms with van der Waals surface area (Å²) in [6, 6.07) is 64.4. The molecule has 0 N–H and O–H groups in total. The van der Waals surface area contributed by atoms with Crippen LogP contribution in [-0.4, -0.2) is 0 Å². The first-order chi connectivity index (χ1) is 24.3. The Morgan fingerprint density at radius 1 is 0.347 bits per heavy atom. The van der Waals surface area contributed by atoms with Crippen molar-refractivity contribution in [2.24, 2.45) is 0 Å². The van der Waals surface area contributed by atoms with Crippen molar-refractivity contribution in [3.8, 4) is 22.3 Å². The third-order valence-corrected chi connectivity index (χ3v) is 12.1. The molecule has 0 fully saturated rings. The van der Waals surface area contributed by atoms with Crippen molar-refractivity contribution in [1.82, 2.24) is 0 Å². The molecule has 2 heterocycles. The maximum Gasteiger partial charge on any atom is 0.0640 e. The van der Waals surface area contributed by atoms with Crippen LogP contribution < -0.4 is 4.90 Å². The summed E-state index contributed by atoms with van der Waals surface area (Å²) in [6.07, 6.45) is 0. The molecule has 0 radical (unpaired) electrons. The van der Waals surface area contributed by atoms with Gasteiger partial charge in [0, 0.05) is 47.0 Å². The lowest BCUT2D eigenvalue weighted by molar-refractivity contribution is 1.30. The van der Waals surface area contributed by atoms with Gasteiger partial charge in [-0.25, -0.2) is 0 Å². The second-order valence-electron chi connectivity index (χ2n) is 12.5. The Labute approximate surface area is 292 Å². The standard InChI is InChI=1S/C46H29NS2/c1-2-11-32-28-34(23-22-30(32)10-1)33-12-7-13-36(29-33)47(42-19-9-18-41-39-15-4-6-21-44(39)49-46(41)42)35-26-24-31(25-27-35)37-16-8-17-40-38-14-3-5-20-43(38)48-45(37)40/h1-29H. The largest absolute Gasteiger partial charge is 0.309 e. The fraction of sp³-hybridized carbons (Fsp3) is 0. The number of hydrogen-bond acceptors (Lipinski definition) is 3. The Bertz CT molecular complexity index is 2840. The summed E-state index contributed by atoms with van der Waals surface area (Å²) >= 11 is 3.75. The molecular weight excluding hydrogens is 631 g/mol. The molecule has 0 saturated heterocycles. The molecule has 0 atom stereocenters. The monoisotopic (exact) mass is 659 g/mol. The molecule has 10 rings (SSSR count). The molecule has 0 bridgehead atoms. The Kier molecular flexibility index (Phi) is 6.61. The molecule has 1 nitrogen and oxygen atoms in total. The highest BCUT2D eigenvalue weighted by Crippen LogP contribution is 2.46. The predicted octanol–water partition coefficient (Wildman–Crippen LogP) is 14.4. The summed E-state index contributed by atoms with van der Waals surface area (Å²) in [5.41, 5.74) is 8.38. The average molecular weight is 660 g/mol. The summed E-state index contributed by atoms with van der Waals surface area (Å²) in [5.74, 6) is 0. The zero-order valence-corrected chi connectivity index (χ0v) is 28.1. The molecule has 0 spiro atoms. The minimum absolute atomic E-state index is 1.13. The Morgan fingerprint density at radius 2 is 0.939 bits per heavy atom. The van der Waals surface area contributed by atoms with E-state index in [0.717, 1.165) is 11.4 Å². The van der Waals surface area contributed by atoms with Crippen molar-refractivity contribution >= 4 is 90.9 Å². The number of hydrogen-bond donors (Lipinski definition) is 0. The molecule has 49 heavy (non-hydrogen) atoms. The lowest BCUT2D eigenvalue weighted by atomic mass is 10.00. The molecule has 0 aliphatic rings. The van der Waals surface area contributed by atoms with Crippen molar-refractivity contribution in [3.63, 3.8) is 0 Å². The van der Waals surface area contributed by atoms with E-state index in [4.69, 9.17) is 0 Å².